The van der Waals surface area contributed by atoms with Gasteiger partial charge in [-0.25, -0.2) is 4.79 Å². The molecule has 0 spiro atoms. The fraction of sp³-hybridized carbons (Fsp3) is 0.480. The first-order valence-electron chi connectivity index (χ1n) is 22.4. The highest BCUT2D eigenvalue weighted by molar-refractivity contribution is 8.13. The van der Waals surface area contributed by atoms with E-state index in [0.717, 1.165) is 30.6 Å². The second-order valence-electron chi connectivity index (χ2n) is 16.8. The van der Waals surface area contributed by atoms with E-state index in [2.05, 4.69) is 44.3 Å². The van der Waals surface area contributed by atoms with Crippen LogP contribution < -0.4 is 15.4 Å². The maximum absolute atomic E-state index is 15.4. The number of methoxy groups -OCH3 is 2. The van der Waals surface area contributed by atoms with Gasteiger partial charge in [0, 0.05) is 73.7 Å². The minimum absolute atomic E-state index is 0.0250. The van der Waals surface area contributed by atoms with Crippen molar-refractivity contribution in [2.24, 2.45) is 0 Å². The summed E-state index contributed by atoms with van der Waals surface area (Å²) >= 11 is 1.96. The molecule has 0 saturated carbocycles. The van der Waals surface area contributed by atoms with Crippen molar-refractivity contribution in [3.8, 4) is 29.4 Å². The number of alkyl carbamates (subject to hydrolysis) is 1. The van der Waals surface area contributed by atoms with Crippen molar-refractivity contribution in [2.75, 3.05) is 32.8 Å². The molecule has 18 nitrogen and oxygen atoms in total. The topological polar surface area (TPSA) is 243 Å². The summed E-state index contributed by atoms with van der Waals surface area (Å²) in [5, 5.41) is 31.5. The van der Waals surface area contributed by atoms with E-state index in [1.807, 2.05) is 13.8 Å². The lowest BCUT2D eigenvalue weighted by Crippen LogP contribution is -2.68. The van der Waals surface area contributed by atoms with Gasteiger partial charge >= 0.3 is 12.1 Å². The molecule has 2 saturated heterocycles. The number of pyridine rings is 1. The van der Waals surface area contributed by atoms with Crippen LogP contribution >= 0.6 is 23.5 Å². The summed E-state index contributed by atoms with van der Waals surface area (Å²) in [4.78, 5) is 73.8. The van der Waals surface area contributed by atoms with Crippen molar-refractivity contribution in [2.45, 2.75) is 120 Å². The SMILES string of the molecule is CC#C/C=C\C#C[C@H](OC1OC(C)C(SC)(C(=O)c2nccc3c2[nH]c2ccc(OC(C)=O)cc23)C(O)C1OC1CC(OC)C(NC(C)C)CO1)C1=C(NC(=O)OC)C(=O)C[C@H](O)/C1=C/CSC(C)=O. The van der Waals surface area contributed by atoms with Crippen LogP contribution in [0.2, 0.25) is 0 Å². The number of aromatic amines is 1. The third kappa shape index (κ3) is 12.0. The molecule has 0 radical (unpaired) electrons. The van der Waals surface area contributed by atoms with Crippen LogP contribution in [0.25, 0.3) is 21.8 Å². The Morgan fingerprint density at radius 1 is 1.10 bits per heavy atom. The smallest absolute Gasteiger partial charge is 0.411 e. The Labute approximate surface area is 414 Å². The number of aromatic nitrogens is 2. The number of carbonyl (C=O) groups excluding carboxylic acids is 5. The minimum atomic E-state index is -1.85. The quantitative estimate of drug-likeness (QED) is 0.0602. The van der Waals surface area contributed by atoms with E-state index in [1.165, 1.54) is 38.3 Å². The summed E-state index contributed by atoms with van der Waals surface area (Å²) in [6.45, 7) is 10.0. The molecule has 5 N–H and O–H groups in total. The van der Waals surface area contributed by atoms with E-state index in [4.69, 9.17) is 33.2 Å². The van der Waals surface area contributed by atoms with E-state index >= 15 is 4.79 Å². The number of amides is 1. The summed E-state index contributed by atoms with van der Waals surface area (Å²) < 4.78 is 40.7. The number of H-pyrrole nitrogens is 1. The van der Waals surface area contributed by atoms with Gasteiger partial charge in [0.2, 0.25) is 5.78 Å². The molecule has 70 heavy (non-hydrogen) atoms. The number of thioether (sulfide) groups is 2. The molecule has 20 heteroatoms. The average molecular weight is 1000 g/mol. The first kappa shape index (κ1) is 54.0. The maximum atomic E-state index is 15.4. The Morgan fingerprint density at radius 3 is 2.53 bits per heavy atom. The minimum Gasteiger partial charge on any atom is -0.453 e. The number of Topliss-reactive ketones (excluding diaryl/α,β-unsaturated/α-hetero) is 2. The van der Waals surface area contributed by atoms with Crippen molar-refractivity contribution < 1.29 is 67.3 Å². The van der Waals surface area contributed by atoms with Gasteiger partial charge in [0.25, 0.3) is 0 Å². The molecule has 3 aromatic rings. The Hall–Kier alpha value is -5.36. The Balaban J connectivity index is 1.50. The maximum Gasteiger partial charge on any atom is 0.411 e. The number of carbonyl (C=O) groups is 5. The largest absolute Gasteiger partial charge is 0.453 e. The van der Waals surface area contributed by atoms with Crippen LogP contribution in [-0.2, 0) is 42.8 Å². The number of hydrogen-bond acceptors (Lipinski definition) is 18. The lowest BCUT2D eigenvalue weighted by molar-refractivity contribution is -0.323. The molecule has 6 rings (SSSR count). The van der Waals surface area contributed by atoms with Gasteiger partial charge in [0.1, 0.15) is 34.5 Å². The summed E-state index contributed by atoms with van der Waals surface area (Å²) in [5.41, 5.74) is 0.689. The fourth-order valence-corrected chi connectivity index (χ4v) is 10.3. The van der Waals surface area contributed by atoms with Crippen molar-refractivity contribution in [1.29, 1.82) is 0 Å². The van der Waals surface area contributed by atoms with Gasteiger partial charge in [0.15, 0.2) is 23.5 Å². The number of ketones is 2. The van der Waals surface area contributed by atoms with E-state index in [1.54, 1.807) is 51.5 Å². The number of esters is 1. The number of fused-ring (bicyclic) bond motifs is 3. The summed E-state index contributed by atoms with van der Waals surface area (Å²) in [5.74, 6) is 9.90. The van der Waals surface area contributed by atoms with Gasteiger partial charge in [-0.05, 0) is 62.1 Å². The van der Waals surface area contributed by atoms with Gasteiger partial charge in [-0.2, -0.15) is 0 Å². The van der Waals surface area contributed by atoms with Gasteiger partial charge in [0.05, 0.1) is 49.3 Å². The summed E-state index contributed by atoms with van der Waals surface area (Å²) in [7, 11) is 2.68. The van der Waals surface area contributed by atoms with Crippen LogP contribution in [0.3, 0.4) is 0 Å². The van der Waals surface area contributed by atoms with Crippen LogP contribution in [0.1, 0.15) is 64.9 Å². The molecule has 1 amide bonds. The molecule has 10 atom stereocenters. The highest BCUT2D eigenvalue weighted by Gasteiger charge is 2.61. The number of aliphatic hydroxyl groups excluding tert-OH is 2. The monoisotopic (exact) mass is 1000 g/mol. The zero-order valence-corrected chi connectivity index (χ0v) is 41.9. The fourth-order valence-electron chi connectivity index (χ4n) is 8.73. The van der Waals surface area contributed by atoms with Crippen molar-refractivity contribution in [3.63, 3.8) is 0 Å². The molecule has 1 aliphatic carbocycles. The summed E-state index contributed by atoms with van der Waals surface area (Å²) in [6.07, 6.45) is -4.27. The van der Waals surface area contributed by atoms with E-state index in [-0.39, 0.29) is 58.5 Å². The number of rotatable bonds is 15. The molecule has 374 valence electrons. The summed E-state index contributed by atoms with van der Waals surface area (Å²) in [6, 6.07) is 6.60. The number of allylic oxidation sites excluding steroid dienone is 3. The van der Waals surface area contributed by atoms with Crippen molar-refractivity contribution >= 4 is 74.1 Å². The highest BCUT2D eigenvalue weighted by atomic mass is 32.2. The number of nitrogens with zero attached hydrogens (tertiary/aromatic N) is 1. The first-order valence-corrected chi connectivity index (χ1v) is 24.6. The second-order valence-corrected chi connectivity index (χ2v) is 19.1. The first-order chi connectivity index (χ1) is 33.5. The van der Waals surface area contributed by atoms with E-state index in [0.29, 0.717) is 27.6 Å². The molecule has 2 fully saturated rings. The predicted molar refractivity (Wildman–Crippen MR) is 263 cm³/mol. The average Bonchev–Trinajstić information content (AvgIpc) is 3.69. The lowest BCUT2D eigenvalue weighted by Gasteiger charge is -2.51. The molecule has 0 bridgehead atoms. The standard InChI is InChI=1S/C50H58N4O14S2/c1-10-11-12-13-14-15-38(41-32(19-21-70-29(6)56)36(57)23-37(58)43(41)54-49(61)63-8)67-48-45(68-40-24-39(62-7)35(25-64-40)52-26(2)3)47(60)50(69-9,27(4)65-48)46(59)44-42-31(18-20-51-44)33-22-30(66-28(5)55)16-17-34(33)53-42/h12-13,16-20,22,26-27,35-36,38-40,45,47-48,52-53,57,60H,21,23-25H2,1-9H3,(H,54,61)/b13-12-,32-19-/t27?,35?,36-,38-,39?,40?,45?,47?,48?,50?/m0/s1. The third-order valence-corrected chi connectivity index (χ3v) is 14.0. The number of nitrogens with one attached hydrogen (secondary N) is 3. The van der Waals surface area contributed by atoms with Crippen molar-refractivity contribution in [3.05, 3.63) is 71.2 Å². The molecule has 4 heterocycles. The number of hydrogen-bond donors (Lipinski definition) is 5. The molecule has 8 unspecified atom stereocenters. The number of benzene rings is 1. The van der Waals surface area contributed by atoms with E-state index < -0.39 is 84.0 Å². The molecule has 1 aromatic carbocycles. The lowest BCUT2D eigenvalue weighted by atomic mass is 9.82. The number of ether oxygens (including phenoxy) is 7. The third-order valence-electron chi connectivity index (χ3n) is 11.9. The molecule has 2 aromatic heterocycles. The van der Waals surface area contributed by atoms with Gasteiger partial charge in [-0.3, -0.25) is 29.5 Å². The van der Waals surface area contributed by atoms with Crippen LogP contribution in [0, 0.1) is 23.7 Å². The second kappa shape index (κ2) is 24.2. The molecular formula is C50H58N4O14S2. The Bertz CT molecular complexity index is 2690. The zero-order valence-electron chi connectivity index (χ0n) is 40.3. The molecule has 2 aliphatic heterocycles. The Morgan fingerprint density at radius 2 is 1.86 bits per heavy atom. The van der Waals surface area contributed by atoms with Crippen LogP contribution in [-0.4, -0.2) is 148 Å². The van der Waals surface area contributed by atoms with Gasteiger partial charge in [-0.15, -0.1) is 17.7 Å². The van der Waals surface area contributed by atoms with Crippen LogP contribution in [0.4, 0.5) is 4.79 Å². The molecular weight excluding hydrogens is 945 g/mol. The van der Waals surface area contributed by atoms with E-state index in [9.17, 15) is 29.4 Å². The molecule has 3 aliphatic rings. The van der Waals surface area contributed by atoms with Crippen molar-refractivity contribution in [1.82, 2.24) is 20.6 Å². The van der Waals surface area contributed by atoms with Gasteiger partial charge in [-0.1, -0.05) is 49.4 Å². The normalized spacial score (nSPS) is 27.0. The van der Waals surface area contributed by atoms with Gasteiger partial charge < -0.3 is 53.7 Å². The van der Waals surface area contributed by atoms with Crippen LogP contribution in [0.5, 0.6) is 5.75 Å². The Kier molecular flexibility index (Phi) is 18.6. The highest BCUT2D eigenvalue weighted by Crippen LogP contribution is 2.46. The van der Waals surface area contributed by atoms with Crippen LogP contribution in [0.15, 0.2) is 65.5 Å². The number of aliphatic hydroxyl groups is 2. The zero-order chi connectivity index (χ0) is 50.9. The predicted octanol–water partition coefficient (Wildman–Crippen LogP) is 4.66.